The van der Waals surface area contributed by atoms with Gasteiger partial charge in [0.25, 0.3) is 5.56 Å². The Balaban J connectivity index is 2.27. The molecule has 11 nitrogen and oxygen atoms in total. The Morgan fingerprint density at radius 1 is 1.35 bits per heavy atom. The highest BCUT2D eigenvalue weighted by atomic mass is 35.5. The van der Waals surface area contributed by atoms with Crippen LogP contribution in [-0.4, -0.2) is 64.0 Å². The lowest BCUT2D eigenvalue weighted by atomic mass is 10.2. The minimum Gasteiger partial charge on any atom is -0.480 e. The topological polar surface area (TPSA) is 173 Å². The molecule has 1 amide bonds. The molecule has 4 N–H and O–H groups in total. The number of aromatic amines is 1. The molecule has 0 spiro atoms. The predicted molar refractivity (Wildman–Crippen MR) is 115 cm³/mol. The van der Waals surface area contributed by atoms with Crippen LogP contribution in [0, 0.1) is 5.92 Å². The number of primary sulfonamides is 1. The lowest BCUT2D eigenvalue weighted by Crippen LogP contribution is -2.42. The van der Waals surface area contributed by atoms with Crippen molar-refractivity contribution in [3.63, 3.8) is 0 Å². The molecule has 0 aliphatic heterocycles. The Bertz CT molecular complexity index is 1190. The summed E-state index contributed by atoms with van der Waals surface area (Å²) in [7, 11) is -4.14. The Labute approximate surface area is 186 Å². The summed E-state index contributed by atoms with van der Waals surface area (Å²) in [6.07, 6.45) is 0. The number of benzene rings is 1. The van der Waals surface area contributed by atoms with Crippen molar-refractivity contribution in [1.82, 2.24) is 14.7 Å². The van der Waals surface area contributed by atoms with Gasteiger partial charge in [0.15, 0.2) is 5.12 Å². The van der Waals surface area contributed by atoms with E-state index in [0.717, 1.165) is 27.4 Å². The van der Waals surface area contributed by atoms with E-state index in [-0.39, 0.29) is 39.9 Å². The van der Waals surface area contributed by atoms with Gasteiger partial charge in [0, 0.05) is 25.1 Å². The molecule has 0 saturated heterocycles. The monoisotopic (exact) mass is 492 g/mol. The first-order valence-electron chi connectivity index (χ1n) is 8.90. The fourth-order valence-corrected chi connectivity index (χ4v) is 4.54. The van der Waals surface area contributed by atoms with Crippen LogP contribution >= 0.6 is 23.4 Å². The van der Waals surface area contributed by atoms with E-state index in [0.29, 0.717) is 0 Å². The summed E-state index contributed by atoms with van der Waals surface area (Å²) in [5.41, 5.74) is -0.329. The smallest absolute Gasteiger partial charge is 0.323 e. The van der Waals surface area contributed by atoms with Crippen LogP contribution in [-0.2, 0) is 31.0 Å². The van der Waals surface area contributed by atoms with Crippen molar-refractivity contribution >= 4 is 61.3 Å². The molecular formula is C17H21ClN4O7S2. The van der Waals surface area contributed by atoms with Gasteiger partial charge in [-0.1, -0.05) is 30.3 Å². The highest BCUT2D eigenvalue weighted by molar-refractivity contribution is 8.13. The third-order valence-electron chi connectivity index (χ3n) is 4.30. The average molecular weight is 493 g/mol. The molecule has 1 heterocycles. The second-order valence-electron chi connectivity index (χ2n) is 6.80. The number of halogens is 1. The first kappa shape index (κ1) is 24.9. The van der Waals surface area contributed by atoms with E-state index in [2.05, 4.69) is 5.10 Å². The Morgan fingerprint density at radius 2 is 2.00 bits per heavy atom. The molecule has 1 unspecified atom stereocenters. The molecule has 0 bridgehead atoms. The summed E-state index contributed by atoms with van der Waals surface area (Å²) in [5.74, 6) is -2.11. The molecule has 0 radical (unpaired) electrons. The fraction of sp³-hybridized carbons (Fsp3) is 0.412. The van der Waals surface area contributed by atoms with Crippen LogP contribution in [0.3, 0.4) is 0 Å². The molecule has 2 rings (SSSR count). The van der Waals surface area contributed by atoms with Crippen molar-refractivity contribution in [3.8, 4) is 0 Å². The summed E-state index contributed by atoms with van der Waals surface area (Å²) in [6.45, 7) is 2.18. The van der Waals surface area contributed by atoms with Gasteiger partial charge < -0.3 is 10.0 Å². The number of nitrogens with two attached hydrogens (primary N) is 1. The van der Waals surface area contributed by atoms with Crippen molar-refractivity contribution in [2.45, 2.75) is 25.3 Å². The van der Waals surface area contributed by atoms with Gasteiger partial charge in [0.1, 0.15) is 11.4 Å². The molecular weight excluding hydrogens is 472 g/mol. The number of carboxylic acid groups (broad SMARTS) is 1. The summed E-state index contributed by atoms with van der Waals surface area (Å²) in [4.78, 5) is 48.2. The Hall–Kier alpha value is -2.35. The summed E-state index contributed by atoms with van der Waals surface area (Å²) in [6, 6.07) is 2.30. The van der Waals surface area contributed by atoms with Gasteiger partial charge in [-0.25, -0.2) is 13.6 Å². The maximum absolute atomic E-state index is 12.6. The number of thioether (sulfide) groups is 1. The van der Waals surface area contributed by atoms with E-state index in [1.165, 1.54) is 13.0 Å². The quantitative estimate of drug-likeness (QED) is 0.452. The number of carbonyl (C=O) groups excluding carboxylic acids is 2. The number of carboxylic acids is 1. The van der Waals surface area contributed by atoms with Gasteiger partial charge >= 0.3 is 5.97 Å². The number of rotatable bonds is 9. The second-order valence-corrected chi connectivity index (χ2v) is 9.93. The van der Waals surface area contributed by atoms with Crippen molar-refractivity contribution < 1.29 is 27.9 Å². The van der Waals surface area contributed by atoms with E-state index in [4.69, 9.17) is 21.8 Å². The van der Waals surface area contributed by atoms with E-state index in [9.17, 15) is 27.6 Å². The highest BCUT2D eigenvalue weighted by Crippen LogP contribution is 2.24. The minimum absolute atomic E-state index is 0.0239. The number of nitrogens with zero attached hydrogens (tertiary/aromatic N) is 2. The standard InChI is InChI=1S/C17H21ClN4O7S2/c1-9(8-30-10(2)23)16(26)21(7-15(24)25)3-4-22-17(27)11-5-14(31(19,28)29)12(18)6-13(11)20-22/h5-6,9,20H,3-4,7-8H2,1-2H3,(H,24,25)(H2,19,28,29). The lowest BCUT2D eigenvalue weighted by Gasteiger charge is -2.24. The molecule has 0 aliphatic rings. The Kier molecular flexibility index (Phi) is 7.92. The fourth-order valence-electron chi connectivity index (χ4n) is 2.82. The number of fused-ring (bicyclic) bond motifs is 1. The van der Waals surface area contributed by atoms with E-state index >= 15 is 0 Å². The molecule has 170 valence electrons. The molecule has 0 aliphatic carbocycles. The zero-order chi connectivity index (χ0) is 23.5. The second kappa shape index (κ2) is 9.85. The van der Waals surface area contributed by atoms with Crippen molar-refractivity contribution in [2.75, 3.05) is 18.8 Å². The molecule has 2 aromatic rings. The van der Waals surface area contributed by atoms with Crippen molar-refractivity contribution in [3.05, 3.63) is 27.5 Å². The van der Waals surface area contributed by atoms with Crippen LogP contribution in [0.4, 0.5) is 0 Å². The van der Waals surface area contributed by atoms with Crippen molar-refractivity contribution in [1.29, 1.82) is 0 Å². The number of hydrogen-bond donors (Lipinski definition) is 3. The third kappa shape index (κ3) is 6.32. The number of hydrogen-bond acceptors (Lipinski definition) is 7. The highest BCUT2D eigenvalue weighted by Gasteiger charge is 2.24. The first-order valence-corrected chi connectivity index (χ1v) is 11.8. The van der Waals surface area contributed by atoms with Crippen LogP contribution in [0.2, 0.25) is 5.02 Å². The number of nitrogens with one attached hydrogen (secondary N) is 1. The van der Waals surface area contributed by atoms with E-state index in [1.807, 2.05) is 0 Å². The molecule has 0 fully saturated rings. The van der Waals surface area contributed by atoms with Crippen molar-refractivity contribution in [2.24, 2.45) is 11.1 Å². The van der Waals surface area contributed by atoms with E-state index < -0.39 is 44.8 Å². The maximum Gasteiger partial charge on any atom is 0.323 e. The number of H-pyrrole nitrogens is 1. The van der Waals surface area contributed by atoms with Crippen LogP contribution in [0.1, 0.15) is 13.8 Å². The SMILES string of the molecule is CC(=O)SCC(C)C(=O)N(CCn1[nH]c2cc(Cl)c(S(N)(=O)=O)cc2c1=O)CC(=O)O. The molecule has 14 heteroatoms. The van der Waals surface area contributed by atoms with Gasteiger partial charge in [-0.2, -0.15) is 0 Å². The number of aliphatic carboxylic acids is 1. The van der Waals surface area contributed by atoms with Gasteiger partial charge in [-0.05, 0) is 12.1 Å². The minimum atomic E-state index is -4.14. The summed E-state index contributed by atoms with van der Waals surface area (Å²) < 4.78 is 24.4. The molecule has 1 atom stereocenters. The van der Waals surface area contributed by atoms with Gasteiger partial charge in [0.05, 0.1) is 22.5 Å². The maximum atomic E-state index is 12.6. The number of amides is 1. The largest absolute Gasteiger partial charge is 0.480 e. The molecule has 1 aromatic carbocycles. The number of aromatic nitrogens is 2. The zero-order valence-electron chi connectivity index (χ0n) is 16.6. The summed E-state index contributed by atoms with van der Waals surface area (Å²) in [5, 5.41) is 16.7. The zero-order valence-corrected chi connectivity index (χ0v) is 19.0. The molecule has 31 heavy (non-hydrogen) atoms. The van der Waals surface area contributed by atoms with Crippen LogP contribution in [0.5, 0.6) is 0 Å². The van der Waals surface area contributed by atoms with Gasteiger partial charge in [0.2, 0.25) is 15.9 Å². The normalized spacial score (nSPS) is 12.6. The summed E-state index contributed by atoms with van der Waals surface area (Å²) >= 11 is 6.89. The van der Waals surface area contributed by atoms with Crippen LogP contribution in [0.25, 0.3) is 10.9 Å². The number of sulfonamides is 1. The van der Waals surface area contributed by atoms with Crippen LogP contribution in [0.15, 0.2) is 21.8 Å². The number of carbonyl (C=O) groups is 3. The first-order chi connectivity index (χ1) is 14.3. The predicted octanol–water partition coefficient (Wildman–Crippen LogP) is 0.459. The molecule has 0 saturated carbocycles. The lowest BCUT2D eigenvalue weighted by molar-refractivity contribution is -0.145. The Morgan fingerprint density at radius 3 is 2.55 bits per heavy atom. The van der Waals surface area contributed by atoms with E-state index in [1.54, 1.807) is 6.92 Å². The third-order valence-corrected chi connectivity index (χ3v) is 6.75. The van der Waals surface area contributed by atoms with Crippen LogP contribution < -0.4 is 10.7 Å². The van der Waals surface area contributed by atoms with Gasteiger partial charge in [-0.3, -0.25) is 29.0 Å². The molecule has 1 aromatic heterocycles. The average Bonchev–Trinajstić information content (AvgIpc) is 2.95. The van der Waals surface area contributed by atoms with Gasteiger partial charge in [-0.15, -0.1) is 0 Å².